The molecular weight excluding hydrogens is 359 g/mol. The molecular formula is C18H17FN2O2S2. The van der Waals surface area contributed by atoms with Crippen LogP contribution in [0, 0.1) is 11.7 Å². The Kier molecular flexibility index (Phi) is 5.65. The molecule has 0 unspecified atom stereocenters. The molecule has 0 aliphatic rings. The van der Waals surface area contributed by atoms with Crippen molar-refractivity contribution in [1.82, 2.24) is 9.97 Å². The van der Waals surface area contributed by atoms with Crippen molar-refractivity contribution in [2.45, 2.75) is 18.9 Å². The number of fused-ring (bicyclic) bond motifs is 1. The van der Waals surface area contributed by atoms with Gasteiger partial charge in [0.25, 0.3) is 0 Å². The van der Waals surface area contributed by atoms with Gasteiger partial charge in [0, 0.05) is 10.9 Å². The van der Waals surface area contributed by atoms with Crippen molar-refractivity contribution in [1.29, 1.82) is 0 Å². The SMILES string of the molecule is CC(C)COC(=O)CSc1ncnc2scc(-c3ccc(F)cc3)c12. The Morgan fingerprint density at radius 2 is 2.04 bits per heavy atom. The normalized spacial score (nSPS) is 11.2. The topological polar surface area (TPSA) is 52.1 Å². The number of thioether (sulfide) groups is 1. The number of carbonyl (C=O) groups is 1. The molecule has 4 nitrogen and oxygen atoms in total. The highest BCUT2D eigenvalue weighted by molar-refractivity contribution is 8.00. The third-order valence-corrected chi connectivity index (χ3v) is 5.24. The average Bonchev–Trinajstić information content (AvgIpc) is 3.03. The summed E-state index contributed by atoms with van der Waals surface area (Å²) in [4.78, 5) is 21.3. The molecule has 0 radical (unpaired) electrons. The van der Waals surface area contributed by atoms with E-state index < -0.39 is 0 Å². The molecule has 3 aromatic rings. The van der Waals surface area contributed by atoms with E-state index in [4.69, 9.17) is 4.74 Å². The Hall–Kier alpha value is -1.99. The molecule has 0 bridgehead atoms. The van der Waals surface area contributed by atoms with Gasteiger partial charge in [-0.05, 0) is 23.6 Å². The lowest BCUT2D eigenvalue weighted by atomic mass is 10.1. The third kappa shape index (κ3) is 4.35. The molecule has 0 aliphatic heterocycles. The van der Waals surface area contributed by atoms with Crippen LogP contribution in [0.1, 0.15) is 13.8 Å². The van der Waals surface area contributed by atoms with E-state index in [9.17, 15) is 9.18 Å². The molecule has 2 heterocycles. The van der Waals surface area contributed by atoms with Crippen LogP contribution in [0.3, 0.4) is 0 Å². The first-order valence-electron chi connectivity index (χ1n) is 7.81. The van der Waals surface area contributed by atoms with Crippen molar-refractivity contribution in [3.05, 3.63) is 41.8 Å². The number of benzene rings is 1. The fourth-order valence-electron chi connectivity index (χ4n) is 2.23. The number of thiophene rings is 1. The first kappa shape index (κ1) is 17.8. The zero-order valence-corrected chi connectivity index (χ0v) is 15.5. The van der Waals surface area contributed by atoms with E-state index in [1.54, 1.807) is 12.1 Å². The second kappa shape index (κ2) is 7.93. The number of hydrogen-bond donors (Lipinski definition) is 0. The number of aromatic nitrogens is 2. The van der Waals surface area contributed by atoms with Gasteiger partial charge >= 0.3 is 5.97 Å². The summed E-state index contributed by atoms with van der Waals surface area (Å²) < 4.78 is 18.4. The van der Waals surface area contributed by atoms with E-state index in [1.807, 2.05) is 19.2 Å². The quantitative estimate of drug-likeness (QED) is 0.352. The third-order valence-electron chi connectivity index (χ3n) is 3.40. The van der Waals surface area contributed by atoms with Gasteiger partial charge in [-0.3, -0.25) is 4.79 Å². The zero-order chi connectivity index (χ0) is 17.8. The number of ether oxygens (including phenoxy) is 1. The van der Waals surface area contributed by atoms with Gasteiger partial charge in [0.15, 0.2) is 0 Å². The summed E-state index contributed by atoms with van der Waals surface area (Å²) in [5.41, 5.74) is 1.84. The summed E-state index contributed by atoms with van der Waals surface area (Å²) in [6, 6.07) is 6.32. The average molecular weight is 376 g/mol. The summed E-state index contributed by atoms with van der Waals surface area (Å²) in [7, 11) is 0. The van der Waals surface area contributed by atoms with Crippen LogP contribution < -0.4 is 0 Å². The van der Waals surface area contributed by atoms with Crippen molar-refractivity contribution in [3.63, 3.8) is 0 Å². The van der Waals surface area contributed by atoms with Gasteiger partial charge in [-0.1, -0.05) is 37.7 Å². The van der Waals surface area contributed by atoms with Crippen LogP contribution in [0.25, 0.3) is 21.3 Å². The molecule has 0 atom stereocenters. The van der Waals surface area contributed by atoms with E-state index in [-0.39, 0.29) is 17.5 Å². The van der Waals surface area contributed by atoms with Crippen LogP contribution in [0.15, 0.2) is 41.0 Å². The fourth-order valence-corrected chi connectivity index (χ4v) is 4.02. The summed E-state index contributed by atoms with van der Waals surface area (Å²) in [5, 5.41) is 3.60. The molecule has 1 aromatic carbocycles. The van der Waals surface area contributed by atoms with Crippen LogP contribution in [0.2, 0.25) is 0 Å². The Morgan fingerprint density at radius 3 is 2.76 bits per heavy atom. The number of rotatable bonds is 6. The molecule has 130 valence electrons. The monoisotopic (exact) mass is 376 g/mol. The van der Waals surface area contributed by atoms with Gasteiger partial charge in [0.1, 0.15) is 22.0 Å². The molecule has 0 fully saturated rings. The summed E-state index contributed by atoms with van der Waals surface area (Å²) >= 11 is 2.83. The molecule has 0 spiro atoms. The van der Waals surface area contributed by atoms with Gasteiger partial charge in [-0.25, -0.2) is 14.4 Å². The molecule has 0 amide bonds. The summed E-state index contributed by atoms with van der Waals surface area (Å²) in [6.45, 7) is 4.40. The first-order chi connectivity index (χ1) is 12.0. The molecule has 25 heavy (non-hydrogen) atoms. The molecule has 0 N–H and O–H groups in total. The fraction of sp³-hybridized carbons (Fsp3) is 0.278. The number of esters is 1. The minimum atomic E-state index is -0.276. The molecule has 7 heteroatoms. The van der Waals surface area contributed by atoms with Crippen LogP contribution in [0.4, 0.5) is 4.39 Å². The minimum Gasteiger partial charge on any atom is -0.465 e. The highest BCUT2D eigenvalue weighted by atomic mass is 32.2. The zero-order valence-electron chi connectivity index (χ0n) is 13.9. The van der Waals surface area contributed by atoms with Crippen molar-refractivity contribution >= 4 is 39.3 Å². The largest absolute Gasteiger partial charge is 0.465 e. The molecule has 3 rings (SSSR count). The highest BCUT2D eigenvalue weighted by Crippen LogP contribution is 2.37. The predicted molar refractivity (Wildman–Crippen MR) is 99.3 cm³/mol. The van der Waals surface area contributed by atoms with E-state index in [0.717, 1.165) is 26.4 Å². The summed E-state index contributed by atoms with van der Waals surface area (Å²) in [6.07, 6.45) is 1.50. The van der Waals surface area contributed by atoms with Crippen LogP contribution >= 0.6 is 23.1 Å². The van der Waals surface area contributed by atoms with Crippen LogP contribution in [-0.4, -0.2) is 28.3 Å². The molecule has 0 saturated carbocycles. The van der Waals surface area contributed by atoms with E-state index >= 15 is 0 Å². The Labute approximate surface area is 153 Å². The first-order valence-corrected chi connectivity index (χ1v) is 9.67. The Morgan fingerprint density at radius 1 is 1.28 bits per heavy atom. The van der Waals surface area contributed by atoms with Gasteiger partial charge in [-0.2, -0.15) is 0 Å². The van der Waals surface area contributed by atoms with Crippen LogP contribution in [0.5, 0.6) is 0 Å². The number of nitrogens with zero attached hydrogens (tertiary/aromatic N) is 2. The van der Waals surface area contributed by atoms with Crippen molar-refractivity contribution in [2.24, 2.45) is 5.92 Å². The molecule has 2 aromatic heterocycles. The highest BCUT2D eigenvalue weighted by Gasteiger charge is 2.15. The maximum atomic E-state index is 13.2. The van der Waals surface area contributed by atoms with Gasteiger partial charge in [-0.15, -0.1) is 11.3 Å². The molecule has 0 aliphatic carbocycles. The maximum absolute atomic E-state index is 13.2. The number of hydrogen-bond acceptors (Lipinski definition) is 6. The summed E-state index contributed by atoms with van der Waals surface area (Å²) in [5.74, 6) is -0.0370. The van der Waals surface area contributed by atoms with E-state index in [1.165, 1.54) is 41.6 Å². The number of carbonyl (C=O) groups excluding carboxylic acids is 1. The maximum Gasteiger partial charge on any atom is 0.316 e. The standard InChI is InChI=1S/C18H17FN2O2S2/c1-11(2)7-23-15(22)9-25-18-16-14(8-24-17(16)20-10-21-18)12-3-5-13(19)6-4-12/h3-6,8,10-11H,7,9H2,1-2H3. The smallest absolute Gasteiger partial charge is 0.316 e. The van der Waals surface area contributed by atoms with Gasteiger partial charge < -0.3 is 4.74 Å². The minimum absolute atomic E-state index is 0.192. The van der Waals surface area contributed by atoms with Gasteiger partial charge in [0.05, 0.1) is 17.7 Å². The lowest BCUT2D eigenvalue weighted by Crippen LogP contribution is -2.11. The van der Waals surface area contributed by atoms with Crippen molar-refractivity contribution in [2.75, 3.05) is 12.4 Å². The van der Waals surface area contributed by atoms with Crippen molar-refractivity contribution in [3.8, 4) is 11.1 Å². The predicted octanol–water partition coefficient (Wildman–Crippen LogP) is 4.79. The second-order valence-electron chi connectivity index (χ2n) is 5.88. The van der Waals surface area contributed by atoms with E-state index in [2.05, 4.69) is 9.97 Å². The van der Waals surface area contributed by atoms with Gasteiger partial charge in [0.2, 0.25) is 0 Å². The van der Waals surface area contributed by atoms with Crippen LogP contribution in [-0.2, 0) is 9.53 Å². The van der Waals surface area contributed by atoms with E-state index in [0.29, 0.717) is 12.5 Å². The Balaban J connectivity index is 1.85. The lowest BCUT2D eigenvalue weighted by Gasteiger charge is -2.08. The molecule has 0 saturated heterocycles. The second-order valence-corrected chi connectivity index (χ2v) is 7.70. The Bertz CT molecular complexity index is 878. The number of halogens is 1. The lowest BCUT2D eigenvalue weighted by molar-refractivity contribution is -0.141. The van der Waals surface area contributed by atoms with Crippen molar-refractivity contribution < 1.29 is 13.9 Å².